The van der Waals surface area contributed by atoms with Gasteiger partial charge in [0.15, 0.2) is 6.10 Å². The Bertz CT molecular complexity index is 1940. The van der Waals surface area contributed by atoms with Crippen LogP contribution in [0.5, 0.6) is 0 Å². The van der Waals surface area contributed by atoms with Gasteiger partial charge in [-0.05, 0) is 154 Å². The van der Waals surface area contributed by atoms with Crippen molar-refractivity contribution in [3.8, 4) is 0 Å². The van der Waals surface area contributed by atoms with Gasteiger partial charge in [0.2, 0.25) is 0 Å². The van der Waals surface area contributed by atoms with Gasteiger partial charge in [-0.3, -0.25) is 9.59 Å². The maximum absolute atomic E-state index is 12.3. The molecule has 0 aliphatic carbocycles. The third kappa shape index (κ3) is 60.5. The summed E-state index contributed by atoms with van der Waals surface area (Å²) in [6.07, 6.45) is 106. The lowest BCUT2D eigenvalue weighted by Crippen LogP contribution is -2.28. The molecule has 0 radical (unpaired) electrons. The lowest BCUT2D eigenvalue weighted by Gasteiger charge is -2.15. The molecule has 1 N–H and O–H groups in total. The number of carbonyl (C=O) groups excluding carboxylic acids is 2. The Labute approximate surface area is 465 Å². The van der Waals surface area contributed by atoms with Gasteiger partial charge in [-0.25, -0.2) is 0 Å². The molecule has 0 aliphatic heterocycles. The van der Waals surface area contributed by atoms with Crippen LogP contribution in [0.4, 0.5) is 0 Å². The Morgan fingerprint density at radius 1 is 0.303 bits per heavy atom. The highest BCUT2D eigenvalue weighted by Crippen LogP contribution is 2.08. The van der Waals surface area contributed by atoms with E-state index in [0.717, 1.165) is 141 Å². The molecular weight excluding hydrogens is 933 g/mol. The van der Waals surface area contributed by atoms with Crippen molar-refractivity contribution in [2.75, 3.05) is 13.2 Å². The van der Waals surface area contributed by atoms with Gasteiger partial charge in [0.05, 0.1) is 6.61 Å². The molecule has 5 heteroatoms. The van der Waals surface area contributed by atoms with Gasteiger partial charge < -0.3 is 14.6 Å². The maximum Gasteiger partial charge on any atom is 0.306 e. The summed E-state index contributed by atoms with van der Waals surface area (Å²) >= 11 is 0. The molecule has 0 aromatic rings. The van der Waals surface area contributed by atoms with Gasteiger partial charge in [0.25, 0.3) is 0 Å². The number of aliphatic hydroxyl groups excluding tert-OH is 1. The van der Waals surface area contributed by atoms with Crippen LogP contribution < -0.4 is 0 Å². The monoisotopic (exact) mass is 1030 g/mol. The minimum atomic E-state index is -0.840. The van der Waals surface area contributed by atoms with Gasteiger partial charge in [-0.1, -0.05) is 245 Å². The molecule has 0 aliphatic rings. The number of carbonyl (C=O) groups is 2. The molecule has 0 aromatic carbocycles. The molecule has 0 saturated heterocycles. The van der Waals surface area contributed by atoms with Crippen LogP contribution in [0.25, 0.3) is 0 Å². The number of rotatable bonds is 49. The molecular formula is C71H102O5. The fourth-order valence-electron chi connectivity index (χ4n) is 6.70. The Hall–Kier alpha value is -6.04. The molecule has 0 amide bonds. The summed E-state index contributed by atoms with van der Waals surface area (Å²) in [4.78, 5) is 24.5. The average Bonchev–Trinajstić information content (AvgIpc) is 3.42. The van der Waals surface area contributed by atoms with Crippen LogP contribution in [0, 0.1) is 0 Å². The van der Waals surface area contributed by atoms with E-state index in [1.165, 1.54) is 0 Å². The van der Waals surface area contributed by atoms with E-state index >= 15 is 0 Å². The summed E-state index contributed by atoms with van der Waals surface area (Å²) in [6, 6.07) is 0. The number of hydrogen-bond acceptors (Lipinski definition) is 5. The second kappa shape index (κ2) is 63.3. The quantitative estimate of drug-likeness (QED) is 0.0373. The first-order valence-corrected chi connectivity index (χ1v) is 28.9. The van der Waals surface area contributed by atoms with Gasteiger partial charge in [-0.2, -0.15) is 0 Å². The SMILES string of the molecule is CC/C=C\C/C=C\C/C=C\C/C=C\C/C=C\C/C=C\C/C=C\C/C=C\C/C=C\C/C=C\C/C=C\C/C=C\CCCCC(=O)OC(CO)COC(=O)CCC/C=C\C/C=C\C/C=C\C/C=C\C/C=C\C/C=C\C/C=C\CC. The number of hydrogen-bond donors (Lipinski definition) is 1. The number of allylic oxidation sites excluding steroid dienone is 38. The number of unbranched alkanes of at least 4 members (excludes halogenated alkanes) is 3. The third-order valence-electron chi connectivity index (χ3n) is 11.0. The van der Waals surface area contributed by atoms with E-state index in [-0.39, 0.29) is 38.0 Å². The Morgan fingerprint density at radius 2 is 0.526 bits per heavy atom. The highest BCUT2D eigenvalue weighted by atomic mass is 16.6. The first kappa shape index (κ1) is 70.0. The van der Waals surface area contributed by atoms with E-state index in [0.29, 0.717) is 12.8 Å². The van der Waals surface area contributed by atoms with Gasteiger partial charge in [0, 0.05) is 12.8 Å². The van der Waals surface area contributed by atoms with Crippen LogP contribution >= 0.6 is 0 Å². The van der Waals surface area contributed by atoms with Crippen molar-refractivity contribution in [1.29, 1.82) is 0 Å². The largest absolute Gasteiger partial charge is 0.462 e. The molecule has 0 fully saturated rings. The zero-order valence-electron chi connectivity index (χ0n) is 47.4. The van der Waals surface area contributed by atoms with Crippen molar-refractivity contribution in [2.24, 2.45) is 0 Å². The fourth-order valence-corrected chi connectivity index (χ4v) is 6.70. The lowest BCUT2D eigenvalue weighted by molar-refractivity contribution is -0.161. The molecule has 0 heterocycles. The third-order valence-corrected chi connectivity index (χ3v) is 11.0. The van der Waals surface area contributed by atoms with E-state index in [9.17, 15) is 14.7 Å². The smallest absolute Gasteiger partial charge is 0.306 e. The second-order valence-electron chi connectivity index (χ2n) is 17.9. The molecule has 0 bridgehead atoms. The Morgan fingerprint density at radius 3 is 0.776 bits per heavy atom. The average molecular weight is 1040 g/mol. The summed E-state index contributed by atoms with van der Waals surface area (Å²) in [5.74, 6) is -0.735. The van der Waals surface area contributed by atoms with Crippen molar-refractivity contribution < 1.29 is 24.2 Å². The summed E-state index contributed by atoms with van der Waals surface area (Å²) < 4.78 is 10.6. The molecule has 416 valence electrons. The molecule has 5 nitrogen and oxygen atoms in total. The predicted molar refractivity (Wildman–Crippen MR) is 333 cm³/mol. The standard InChI is InChI=1S/C71H102O5/c1-3-5-7-9-11-13-15-17-19-21-23-25-27-28-29-30-31-32-33-34-35-36-37-38-39-40-41-42-44-46-48-50-52-54-56-58-60-62-64-66-71(74)76-69(67-72)68-75-70(73)65-63-61-59-57-55-53-51-49-47-45-43-26-24-22-20-18-16-14-12-10-8-6-4-2/h5-8,11-14,17-20,23-26,28-29,31-32,34-35,37-38,40-41,44-47,50-53,56-59,69,72H,3-4,9-10,15-16,21-22,27,30,33,36,39,42-43,48-49,54-55,60-68H2,1-2H3/b7-5-,8-6-,13-11-,14-12-,19-17-,20-18-,25-23-,26-24-,29-28-,32-31-,35-34-,38-37-,41-40-,46-44-,47-45-,52-50-,53-51-,58-56-,59-57-. The van der Waals surface area contributed by atoms with Crippen LogP contribution in [0.2, 0.25) is 0 Å². The van der Waals surface area contributed by atoms with Crippen LogP contribution in [0.15, 0.2) is 231 Å². The highest BCUT2D eigenvalue weighted by Gasteiger charge is 2.16. The molecule has 1 atom stereocenters. The molecule has 0 spiro atoms. The maximum atomic E-state index is 12.3. The van der Waals surface area contributed by atoms with Crippen LogP contribution in [0.1, 0.15) is 181 Å². The van der Waals surface area contributed by atoms with Gasteiger partial charge in [-0.15, -0.1) is 0 Å². The van der Waals surface area contributed by atoms with Gasteiger partial charge in [0.1, 0.15) is 6.61 Å². The van der Waals surface area contributed by atoms with E-state index in [2.05, 4.69) is 245 Å². The van der Waals surface area contributed by atoms with Crippen molar-refractivity contribution in [1.82, 2.24) is 0 Å². The molecule has 76 heavy (non-hydrogen) atoms. The summed E-state index contributed by atoms with van der Waals surface area (Å²) in [5, 5.41) is 9.64. The minimum absolute atomic E-state index is 0.132. The van der Waals surface area contributed by atoms with Crippen molar-refractivity contribution in [3.05, 3.63) is 231 Å². The zero-order chi connectivity index (χ0) is 54.8. The summed E-state index contributed by atoms with van der Waals surface area (Å²) in [6.45, 7) is 3.80. The van der Waals surface area contributed by atoms with E-state index < -0.39 is 6.10 Å². The fraction of sp³-hybridized carbons (Fsp3) is 0.437. The minimum Gasteiger partial charge on any atom is -0.462 e. The van der Waals surface area contributed by atoms with Crippen LogP contribution in [0.3, 0.4) is 0 Å². The number of aliphatic hydroxyl groups is 1. The van der Waals surface area contributed by atoms with E-state index in [1.807, 2.05) is 0 Å². The molecule has 1 unspecified atom stereocenters. The predicted octanol–water partition coefficient (Wildman–Crippen LogP) is 20.2. The number of ether oxygens (including phenoxy) is 2. The number of esters is 2. The second-order valence-corrected chi connectivity index (χ2v) is 17.9. The van der Waals surface area contributed by atoms with Crippen molar-refractivity contribution >= 4 is 11.9 Å². The first-order valence-electron chi connectivity index (χ1n) is 28.9. The van der Waals surface area contributed by atoms with Crippen LogP contribution in [-0.4, -0.2) is 36.4 Å². The Balaban J connectivity index is 3.79. The normalized spacial score (nSPS) is 14.0. The molecule has 0 saturated carbocycles. The molecule has 0 aromatic heterocycles. The first-order chi connectivity index (χ1) is 37.6. The van der Waals surface area contributed by atoms with E-state index in [4.69, 9.17) is 9.47 Å². The highest BCUT2D eigenvalue weighted by molar-refractivity contribution is 5.70. The zero-order valence-corrected chi connectivity index (χ0v) is 47.4. The summed E-state index contributed by atoms with van der Waals surface area (Å²) in [7, 11) is 0. The van der Waals surface area contributed by atoms with E-state index in [1.54, 1.807) is 0 Å². The lowest BCUT2D eigenvalue weighted by atomic mass is 10.2. The summed E-state index contributed by atoms with van der Waals surface area (Å²) in [5.41, 5.74) is 0. The van der Waals surface area contributed by atoms with Crippen molar-refractivity contribution in [3.63, 3.8) is 0 Å². The molecule has 0 rings (SSSR count). The van der Waals surface area contributed by atoms with Gasteiger partial charge >= 0.3 is 11.9 Å². The Kier molecular flexibility index (Phi) is 58.2. The van der Waals surface area contributed by atoms with Crippen LogP contribution in [-0.2, 0) is 19.1 Å². The van der Waals surface area contributed by atoms with Crippen molar-refractivity contribution in [2.45, 2.75) is 187 Å². The topological polar surface area (TPSA) is 72.8 Å².